The van der Waals surface area contributed by atoms with Crippen LogP contribution in [0.5, 0.6) is 0 Å². The number of rotatable bonds is 8. The standard InChI is InChI=1S/C12H19N3O4/c1-3-6-15-7-5-13-10(11(15)16)14-9(12(17)18)4-8-19-2/h5,7,9H,3-4,6,8H2,1-2H3,(H,13,14)(H,17,18). The van der Waals surface area contributed by atoms with Crippen LogP contribution in [0, 0.1) is 0 Å². The van der Waals surface area contributed by atoms with Gasteiger partial charge in [-0.25, -0.2) is 9.78 Å². The van der Waals surface area contributed by atoms with Crippen LogP contribution >= 0.6 is 0 Å². The summed E-state index contributed by atoms with van der Waals surface area (Å²) in [6, 6.07) is -0.891. The van der Waals surface area contributed by atoms with Gasteiger partial charge in [-0.3, -0.25) is 4.79 Å². The van der Waals surface area contributed by atoms with Crippen LogP contribution in [0.2, 0.25) is 0 Å². The van der Waals surface area contributed by atoms with E-state index >= 15 is 0 Å². The van der Waals surface area contributed by atoms with Crippen molar-refractivity contribution in [2.75, 3.05) is 19.0 Å². The molecule has 1 aromatic heterocycles. The van der Waals surface area contributed by atoms with Crippen molar-refractivity contribution in [2.45, 2.75) is 32.4 Å². The van der Waals surface area contributed by atoms with Crippen molar-refractivity contribution in [3.8, 4) is 0 Å². The number of methoxy groups -OCH3 is 1. The van der Waals surface area contributed by atoms with Crippen molar-refractivity contribution >= 4 is 11.8 Å². The first-order chi connectivity index (χ1) is 9.10. The maximum atomic E-state index is 12.0. The molecule has 1 unspecified atom stereocenters. The number of ether oxygens (including phenoxy) is 1. The van der Waals surface area contributed by atoms with E-state index in [0.29, 0.717) is 13.2 Å². The van der Waals surface area contributed by atoms with Gasteiger partial charge >= 0.3 is 5.97 Å². The van der Waals surface area contributed by atoms with Crippen LogP contribution < -0.4 is 10.9 Å². The van der Waals surface area contributed by atoms with E-state index in [1.165, 1.54) is 17.9 Å². The minimum absolute atomic E-state index is 0.0550. The van der Waals surface area contributed by atoms with Crippen LogP contribution in [0.3, 0.4) is 0 Å². The summed E-state index contributed by atoms with van der Waals surface area (Å²) in [5.74, 6) is -0.983. The maximum absolute atomic E-state index is 12.0. The summed E-state index contributed by atoms with van der Waals surface area (Å²) in [6.07, 6.45) is 4.14. The fourth-order valence-corrected chi connectivity index (χ4v) is 1.62. The second-order valence-corrected chi connectivity index (χ2v) is 4.09. The molecule has 0 spiro atoms. The third-order valence-electron chi connectivity index (χ3n) is 2.60. The van der Waals surface area contributed by atoms with Gasteiger partial charge in [-0.05, 0) is 6.42 Å². The van der Waals surface area contributed by atoms with Gasteiger partial charge in [0.05, 0.1) is 0 Å². The van der Waals surface area contributed by atoms with E-state index in [1.54, 1.807) is 6.20 Å². The third-order valence-corrected chi connectivity index (χ3v) is 2.60. The summed E-state index contributed by atoms with van der Waals surface area (Å²) in [6.45, 7) is 2.82. The Kier molecular flexibility index (Phi) is 6.01. The second-order valence-electron chi connectivity index (χ2n) is 4.09. The highest BCUT2D eigenvalue weighted by Crippen LogP contribution is 2.02. The average molecular weight is 269 g/mol. The number of nitrogens with one attached hydrogen (secondary N) is 1. The molecule has 0 saturated heterocycles. The highest BCUT2D eigenvalue weighted by Gasteiger charge is 2.19. The van der Waals surface area contributed by atoms with E-state index in [2.05, 4.69) is 10.3 Å². The molecule has 0 radical (unpaired) electrons. The van der Waals surface area contributed by atoms with Crippen molar-refractivity contribution in [1.82, 2.24) is 9.55 Å². The first-order valence-corrected chi connectivity index (χ1v) is 6.13. The molecule has 106 valence electrons. The minimum atomic E-state index is -1.04. The van der Waals surface area contributed by atoms with Crippen molar-refractivity contribution < 1.29 is 14.6 Å². The lowest BCUT2D eigenvalue weighted by Gasteiger charge is -2.14. The van der Waals surface area contributed by atoms with Crippen LogP contribution in [0.25, 0.3) is 0 Å². The van der Waals surface area contributed by atoms with Gasteiger partial charge in [-0.2, -0.15) is 0 Å². The smallest absolute Gasteiger partial charge is 0.326 e. The Bertz CT molecular complexity index is 472. The fourth-order valence-electron chi connectivity index (χ4n) is 1.62. The largest absolute Gasteiger partial charge is 0.480 e. The van der Waals surface area contributed by atoms with Gasteiger partial charge in [0, 0.05) is 39.1 Å². The number of nitrogens with zero attached hydrogens (tertiary/aromatic N) is 2. The molecule has 7 nitrogen and oxygen atoms in total. The minimum Gasteiger partial charge on any atom is -0.480 e. The predicted molar refractivity (Wildman–Crippen MR) is 70.3 cm³/mol. The normalized spacial score (nSPS) is 12.1. The predicted octanol–water partition coefficient (Wildman–Crippen LogP) is 0.555. The lowest BCUT2D eigenvalue weighted by atomic mass is 10.2. The number of carboxylic acid groups (broad SMARTS) is 1. The van der Waals surface area contributed by atoms with E-state index < -0.39 is 12.0 Å². The summed E-state index contributed by atoms with van der Waals surface area (Å²) >= 11 is 0. The van der Waals surface area contributed by atoms with Gasteiger partial charge in [0.2, 0.25) is 0 Å². The van der Waals surface area contributed by atoms with Crippen LogP contribution in [0.4, 0.5) is 5.82 Å². The van der Waals surface area contributed by atoms with E-state index in [0.717, 1.165) is 6.42 Å². The van der Waals surface area contributed by atoms with Gasteiger partial charge in [0.25, 0.3) is 5.56 Å². The highest BCUT2D eigenvalue weighted by atomic mass is 16.5. The summed E-state index contributed by atoms with van der Waals surface area (Å²) in [7, 11) is 1.49. The summed E-state index contributed by atoms with van der Waals surface area (Å²) in [4.78, 5) is 27.0. The molecular weight excluding hydrogens is 250 g/mol. The molecule has 1 aromatic rings. The number of aliphatic carboxylic acids is 1. The van der Waals surface area contributed by atoms with Crippen LogP contribution in [-0.2, 0) is 16.1 Å². The van der Waals surface area contributed by atoms with E-state index in [9.17, 15) is 9.59 Å². The van der Waals surface area contributed by atoms with Crippen molar-refractivity contribution in [3.63, 3.8) is 0 Å². The average Bonchev–Trinajstić information content (AvgIpc) is 2.38. The molecule has 0 bridgehead atoms. The second kappa shape index (κ2) is 7.52. The number of hydrogen-bond acceptors (Lipinski definition) is 5. The zero-order valence-electron chi connectivity index (χ0n) is 11.1. The monoisotopic (exact) mass is 269 g/mol. The number of anilines is 1. The molecule has 0 aliphatic carbocycles. The van der Waals surface area contributed by atoms with Crippen molar-refractivity contribution in [3.05, 3.63) is 22.7 Å². The number of aromatic nitrogens is 2. The summed E-state index contributed by atoms with van der Waals surface area (Å²) < 4.78 is 6.35. The molecular formula is C12H19N3O4. The number of aryl methyl sites for hydroxylation is 1. The Hall–Kier alpha value is -1.89. The first-order valence-electron chi connectivity index (χ1n) is 6.13. The van der Waals surface area contributed by atoms with Gasteiger partial charge in [-0.15, -0.1) is 0 Å². The molecule has 0 saturated carbocycles. The number of hydrogen-bond donors (Lipinski definition) is 2. The molecule has 0 amide bonds. The molecule has 0 fully saturated rings. The lowest BCUT2D eigenvalue weighted by molar-refractivity contribution is -0.138. The van der Waals surface area contributed by atoms with Gasteiger partial charge < -0.3 is 19.7 Å². The molecule has 0 aliphatic heterocycles. The Labute approximate surface area is 111 Å². The zero-order valence-corrected chi connectivity index (χ0v) is 11.1. The van der Waals surface area contributed by atoms with E-state index in [4.69, 9.17) is 9.84 Å². The van der Waals surface area contributed by atoms with E-state index in [-0.39, 0.29) is 17.8 Å². The summed E-state index contributed by atoms with van der Waals surface area (Å²) in [5.41, 5.74) is -0.312. The fraction of sp³-hybridized carbons (Fsp3) is 0.583. The van der Waals surface area contributed by atoms with E-state index in [1.807, 2.05) is 6.92 Å². The molecule has 2 N–H and O–H groups in total. The van der Waals surface area contributed by atoms with Gasteiger partial charge in [-0.1, -0.05) is 6.92 Å². The van der Waals surface area contributed by atoms with Crippen molar-refractivity contribution in [2.24, 2.45) is 0 Å². The molecule has 1 heterocycles. The Morgan fingerprint density at radius 2 is 2.37 bits per heavy atom. The van der Waals surface area contributed by atoms with Crippen molar-refractivity contribution in [1.29, 1.82) is 0 Å². The zero-order chi connectivity index (χ0) is 14.3. The Morgan fingerprint density at radius 3 is 2.95 bits per heavy atom. The van der Waals surface area contributed by atoms with Crippen LogP contribution in [0.15, 0.2) is 17.2 Å². The van der Waals surface area contributed by atoms with Crippen LogP contribution in [-0.4, -0.2) is 40.4 Å². The molecule has 1 rings (SSSR count). The first kappa shape index (κ1) is 15.2. The molecule has 0 aromatic carbocycles. The SMILES string of the molecule is CCCn1ccnc(NC(CCOC)C(=O)O)c1=O. The highest BCUT2D eigenvalue weighted by molar-refractivity contribution is 5.76. The number of carbonyl (C=O) groups is 1. The lowest BCUT2D eigenvalue weighted by Crippen LogP contribution is -2.35. The maximum Gasteiger partial charge on any atom is 0.326 e. The van der Waals surface area contributed by atoms with Gasteiger partial charge in [0.15, 0.2) is 5.82 Å². The Morgan fingerprint density at radius 1 is 1.63 bits per heavy atom. The molecule has 1 atom stereocenters. The van der Waals surface area contributed by atoms with Crippen LogP contribution in [0.1, 0.15) is 19.8 Å². The number of carboxylic acids is 1. The summed E-state index contributed by atoms with van der Waals surface area (Å²) in [5, 5.41) is 11.7. The molecule has 0 aliphatic rings. The molecule has 19 heavy (non-hydrogen) atoms. The topological polar surface area (TPSA) is 93.4 Å². The molecule has 7 heteroatoms. The van der Waals surface area contributed by atoms with Gasteiger partial charge in [0.1, 0.15) is 6.04 Å². The Balaban J connectivity index is 2.87. The quantitative estimate of drug-likeness (QED) is 0.716. The third kappa shape index (κ3) is 4.36.